The molecule has 1 fully saturated rings. The number of hydrogen-bond acceptors (Lipinski definition) is 9. The number of morpholine rings is 1. The van der Waals surface area contributed by atoms with Gasteiger partial charge in [-0.25, -0.2) is 9.97 Å². The maximum absolute atomic E-state index is 5.49. The molecule has 4 aromatic heterocycles. The minimum absolute atomic E-state index is 0.694. The molecule has 1 aliphatic rings. The summed E-state index contributed by atoms with van der Waals surface area (Å²) in [6.07, 6.45) is 1.64. The van der Waals surface area contributed by atoms with Gasteiger partial charge in [0.2, 0.25) is 0 Å². The third kappa shape index (κ3) is 3.64. The molecular formula is C20H22N6O2S2. The van der Waals surface area contributed by atoms with E-state index in [0.29, 0.717) is 11.6 Å². The van der Waals surface area contributed by atoms with Crippen molar-refractivity contribution in [3.63, 3.8) is 0 Å². The summed E-state index contributed by atoms with van der Waals surface area (Å²) in [6, 6.07) is 3.73. The number of hydrogen-bond donors (Lipinski definition) is 0. The van der Waals surface area contributed by atoms with Gasteiger partial charge in [-0.15, -0.1) is 21.5 Å². The van der Waals surface area contributed by atoms with Gasteiger partial charge in [-0.1, -0.05) is 0 Å². The van der Waals surface area contributed by atoms with Gasteiger partial charge in [0.05, 0.1) is 26.0 Å². The SMILES string of the molecule is Cc1sc2nc(CN3CCOCC3)nc(Sc3nnc(-c4ccco4)n3C)c2c1C. The molecule has 5 rings (SSSR count). The monoisotopic (exact) mass is 442 g/mol. The number of thiophene rings is 1. The fourth-order valence-corrected chi connectivity index (χ4v) is 5.56. The van der Waals surface area contributed by atoms with Gasteiger partial charge in [-0.05, 0) is 43.3 Å². The zero-order valence-electron chi connectivity index (χ0n) is 17.1. The van der Waals surface area contributed by atoms with Gasteiger partial charge >= 0.3 is 0 Å². The Morgan fingerprint density at radius 2 is 2.00 bits per heavy atom. The highest BCUT2D eigenvalue weighted by Gasteiger charge is 2.21. The van der Waals surface area contributed by atoms with E-state index in [0.717, 1.165) is 59.1 Å². The lowest BCUT2D eigenvalue weighted by Crippen LogP contribution is -2.36. The van der Waals surface area contributed by atoms with E-state index >= 15 is 0 Å². The number of aromatic nitrogens is 5. The van der Waals surface area contributed by atoms with Crippen LogP contribution in [-0.2, 0) is 18.3 Å². The molecule has 0 unspecified atom stereocenters. The van der Waals surface area contributed by atoms with Crippen LogP contribution in [0.3, 0.4) is 0 Å². The molecule has 1 aliphatic heterocycles. The van der Waals surface area contributed by atoms with Gasteiger partial charge in [0.15, 0.2) is 16.7 Å². The summed E-state index contributed by atoms with van der Waals surface area (Å²) in [4.78, 5) is 14.5. The van der Waals surface area contributed by atoms with E-state index in [2.05, 4.69) is 28.9 Å². The third-order valence-electron chi connectivity index (χ3n) is 5.27. The molecule has 4 aromatic rings. The van der Waals surface area contributed by atoms with E-state index < -0.39 is 0 Å². The Kier molecular flexibility index (Phi) is 5.32. The van der Waals surface area contributed by atoms with Gasteiger partial charge in [0.25, 0.3) is 0 Å². The fraction of sp³-hybridized carbons (Fsp3) is 0.400. The average Bonchev–Trinajstić information content (AvgIpc) is 3.44. The van der Waals surface area contributed by atoms with Crippen molar-refractivity contribution < 1.29 is 9.15 Å². The molecule has 156 valence electrons. The minimum Gasteiger partial charge on any atom is -0.461 e. The van der Waals surface area contributed by atoms with Crippen molar-refractivity contribution >= 4 is 33.3 Å². The summed E-state index contributed by atoms with van der Waals surface area (Å²) in [5.74, 6) is 2.22. The van der Waals surface area contributed by atoms with E-state index in [1.807, 2.05) is 23.7 Å². The van der Waals surface area contributed by atoms with E-state index in [1.54, 1.807) is 17.6 Å². The van der Waals surface area contributed by atoms with Crippen molar-refractivity contribution in [3.05, 3.63) is 34.7 Å². The molecular weight excluding hydrogens is 420 g/mol. The Morgan fingerprint density at radius 3 is 2.77 bits per heavy atom. The number of nitrogens with zero attached hydrogens (tertiary/aromatic N) is 6. The molecule has 0 radical (unpaired) electrons. The lowest BCUT2D eigenvalue weighted by molar-refractivity contribution is 0.0330. The van der Waals surface area contributed by atoms with Crippen molar-refractivity contribution in [2.45, 2.75) is 30.6 Å². The first-order valence-electron chi connectivity index (χ1n) is 9.78. The lowest BCUT2D eigenvalue weighted by atomic mass is 10.2. The van der Waals surface area contributed by atoms with Crippen molar-refractivity contribution in [2.75, 3.05) is 26.3 Å². The lowest BCUT2D eigenvalue weighted by Gasteiger charge is -2.25. The minimum atomic E-state index is 0.694. The van der Waals surface area contributed by atoms with Crippen molar-refractivity contribution in [1.82, 2.24) is 29.6 Å². The number of aryl methyl sites for hydroxylation is 2. The molecule has 0 atom stereocenters. The van der Waals surface area contributed by atoms with Gasteiger partial charge < -0.3 is 13.7 Å². The van der Waals surface area contributed by atoms with Crippen LogP contribution in [0.5, 0.6) is 0 Å². The predicted octanol–water partition coefficient (Wildman–Crippen LogP) is 3.68. The van der Waals surface area contributed by atoms with Crippen LogP contribution in [0.1, 0.15) is 16.3 Å². The number of fused-ring (bicyclic) bond motifs is 1. The molecule has 0 aliphatic carbocycles. The van der Waals surface area contributed by atoms with E-state index in [4.69, 9.17) is 19.1 Å². The number of ether oxygens (including phenoxy) is 1. The van der Waals surface area contributed by atoms with Crippen LogP contribution in [0.2, 0.25) is 0 Å². The van der Waals surface area contributed by atoms with Gasteiger partial charge in [0, 0.05) is 30.4 Å². The first-order chi connectivity index (χ1) is 14.6. The Hall–Kier alpha value is -2.27. The topological polar surface area (TPSA) is 82.1 Å². The van der Waals surface area contributed by atoms with Crippen LogP contribution in [-0.4, -0.2) is 55.9 Å². The fourth-order valence-electron chi connectivity index (χ4n) is 3.47. The van der Waals surface area contributed by atoms with Crippen LogP contribution in [0.4, 0.5) is 0 Å². The van der Waals surface area contributed by atoms with Gasteiger partial charge in [0.1, 0.15) is 15.7 Å². The molecule has 0 bridgehead atoms. The van der Waals surface area contributed by atoms with Crippen LogP contribution >= 0.6 is 23.1 Å². The Bertz CT molecular complexity index is 1180. The maximum Gasteiger partial charge on any atom is 0.200 e. The van der Waals surface area contributed by atoms with E-state index in [1.165, 1.54) is 22.2 Å². The highest BCUT2D eigenvalue weighted by molar-refractivity contribution is 7.99. The molecule has 30 heavy (non-hydrogen) atoms. The van der Waals surface area contributed by atoms with Crippen LogP contribution in [0, 0.1) is 13.8 Å². The molecule has 0 N–H and O–H groups in total. The highest BCUT2D eigenvalue weighted by atomic mass is 32.2. The first kappa shape index (κ1) is 19.7. The molecule has 5 heterocycles. The predicted molar refractivity (Wildman–Crippen MR) is 116 cm³/mol. The summed E-state index contributed by atoms with van der Waals surface area (Å²) in [6.45, 7) is 8.32. The summed E-state index contributed by atoms with van der Waals surface area (Å²) in [7, 11) is 1.94. The van der Waals surface area contributed by atoms with Gasteiger partial charge in [-0.2, -0.15) is 0 Å². The van der Waals surface area contributed by atoms with Crippen molar-refractivity contribution in [2.24, 2.45) is 7.05 Å². The molecule has 1 saturated heterocycles. The highest BCUT2D eigenvalue weighted by Crippen LogP contribution is 2.38. The Morgan fingerprint density at radius 1 is 1.17 bits per heavy atom. The smallest absolute Gasteiger partial charge is 0.200 e. The molecule has 0 saturated carbocycles. The zero-order valence-corrected chi connectivity index (χ0v) is 18.7. The second kappa shape index (κ2) is 8.10. The van der Waals surface area contributed by atoms with Crippen LogP contribution in [0.15, 0.2) is 33.0 Å². The number of furan rings is 1. The second-order valence-corrected chi connectivity index (χ2v) is 9.40. The molecule has 0 aromatic carbocycles. The number of rotatable bonds is 5. The normalized spacial score (nSPS) is 15.3. The summed E-state index contributed by atoms with van der Waals surface area (Å²) < 4.78 is 12.9. The molecule has 0 amide bonds. The average molecular weight is 443 g/mol. The maximum atomic E-state index is 5.49. The van der Waals surface area contributed by atoms with Crippen molar-refractivity contribution in [1.29, 1.82) is 0 Å². The van der Waals surface area contributed by atoms with E-state index in [-0.39, 0.29) is 0 Å². The van der Waals surface area contributed by atoms with Crippen molar-refractivity contribution in [3.8, 4) is 11.6 Å². The molecule has 8 nitrogen and oxygen atoms in total. The molecule has 0 spiro atoms. The first-order valence-corrected chi connectivity index (χ1v) is 11.4. The quantitative estimate of drug-likeness (QED) is 0.433. The van der Waals surface area contributed by atoms with E-state index in [9.17, 15) is 0 Å². The Labute approximate surface area is 182 Å². The molecule has 10 heteroatoms. The summed E-state index contributed by atoms with van der Waals surface area (Å²) in [5.41, 5.74) is 1.23. The summed E-state index contributed by atoms with van der Waals surface area (Å²) in [5, 5.41) is 11.5. The van der Waals surface area contributed by atoms with Crippen LogP contribution < -0.4 is 0 Å². The standard InChI is InChI=1S/C20H22N6O2S2/c1-12-13(2)29-18-16(12)19(22-15(21-18)11-26-6-9-27-10-7-26)30-20-24-23-17(25(20)3)14-5-4-8-28-14/h4-5,8H,6-7,9-11H2,1-3H3. The summed E-state index contributed by atoms with van der Waals surface area (Å²) >= 11 is 3.25. The largest absolute Gasteiger partial charge is 0.461 e. The Balaban J connectivity index is 1.52. The third-order valence-corrected chi connectivity index (χ3v) is 7.40. The van der Waals surface area contributed by atoms with Crippen LogP contribution in [0.25, 0.3) is 21.8 Å². The zero-order chi connectivity index (χ0) is 20.7. The van der Waals surface area contributed by atoms with Gasteiger partial charge in [-0.3, -0.25) is 4.90 Å². The second-order valence-electron chi connectivity index (χ2n) is 7.24.